The second-order valence-electron chi connectivity index (χ2n) is 4.13. The molecule has 0 saturated carbocycles. The number of aromatic nitrogens is 1. The summed E-state index contributed by atoms with van der Waals surface area (Å²) in [6.07, 6.45) is 2.59. The van der Waals surface area contributed by atoms with Gasteiger partial charge in [-0.15, -0.1) is 11.8 Å². The van der Waals surface area contributed by atoms with E-state index in [2.05, 4.69) is 36.2 Å². The standard InChI is InChI=1S/C15H18N2S/c1-2-18-14-8-6-12(7-9-14)15(16)11-13-5-3-4-10-17-13/h3-10,15H,2,11,16H2,1H3. The third-order valence-electron chi connectivity index (χ3n) is 2.77. The first kappa shape index (κ1) is 13.1. The van der Waals surface area contributed by atoms with Gasteiger partial charge in [0, 0.05) is 29.2 Å². The molecule has 1 heterocycles. The highest BCUT2D eigenvalue weighted by Crippen LogP contribution is 2.21. The van der Waals surface area contributed by atoms with Crippen LogP contribution in [0.4, 0.5) is 0 Å². The van der Waals surface area contributed by atoms with Gasteiger partial charge in [-0.25, -0.2) is 0 Å². The van der Waals surface area contributed by atoms with Gasteiger partial charge in [-0.05, 0) is 35.6 Å². The van der Waals surface area contributed by atoms with Gasteiger partial charge >= 0.3 is 0 Å². The predicted octanol–water partition coefficient (Wildman–Crippen LogP) is 3.44. The van der Waals surface area contributed by atoms with Crippen LogP contribution in [-0.4, -0.2) is 10.7 Å². The molecule has 94 valence electrons. The van der Waals surface area contributed by atoms with Crippen LogP contribution in [0.5, 0.6) is 0 Å². The van der Waals surface area contributed by atoms with E-state index in [4.69, 9.17) is 5.73 Å². The van der Waals surface area contributed by atoms with E-state index in [-0.39, 0.29) is 6.04 Å². The summed E-state index contributed by atoms with van der Waals surface area (Å²) in [6, 6.07) is 14.5. The monoisotopic (exact) mass is 258 g/mol. The Morgan fingerprint density at radius 2 is 1.94 bits per heavy atom. The second-order valence-corrected chi connectivity index (χ2v) is 5.47. The maximum atomic E-state index is 6.20. The first-order chi connectivity index (χ1) is 8.79. The molecule has 0 aliphatic carbocycles. The molecule has 1 aromatic heterocycles. The molecular weight excluding hydrogens is 240 g/mol. The molecule has 0 fully saturated rings. The summed E-state index contributed by atoms with van der Waals surface area (Å²) < 4.78 is 0. The maximum absolute atomic E-state index is 6.20. The minimum absolute atomic E-state index is 0.0144. The zero-order chi connectivity index (χ0) is 12.8. The summed E-state index contributed by atoms with van der Waals surface area (Å²) in [5.41, 5.74) is 8.41. The zero-order valence-corrected chi connectivity index (χ0v) is 11.4. The van der Waals surface area contributed by atoms with Crippen LogP contribution in [0.15, 0.2) is 53.6 Å². The predicted molar refractivity (Wildman–Crippen MR) is 77.7 cm³/mol. The molecule has 2 aromatic rings. The largest absolute Gasteiger partial charge is 0.324 e. The minimum atomic E-state index is 0.0144. The van der Waals surface area contributed by atoms with Crippen molar-refractivity contribution in [2.75, 3.05) is 5.75 Å². The number of nitrogens with zero attached hydrogens (tertiary/aromatic N) is 1. The number of hydrogen-bond acceptors (Lipinski definition) is 3. The molecule has 2 rings (SSSR count). The molecule has 1 unspecified atom stereocenters. The number of rotatable bonds is 5. The number of benzene rings is 1. The van der Waals surface area contributed by atoms with Crippen molar-refractivity contribution in [2.45, 2.75) is 24.3 Å². The molecule has 0 aliphatic rings. The van der Waals surface area contributed by atoms with Crippen molar-refractivity contribution < 1.29 is 0 Å². The number of hydrogen-bond donors (Lipinski definition) is 1. The molecule has 0 amide bonds. The van der Waals surface area contributed by atoms with Gasteiger partial charge in [0.2, 0.25) is 0 Å². The lowest BCUT2D eigenvalue weighted by Gasteiger charge is -2.12. The quantitative estimate of drug-likeness (QED) is 0.835. The van der Waals surface area contributed by atoms with E-state index in [1.54, 1.807) is 0 Å². The Bertz CT molecular complexity index is 468. The summed E-state index contributed by atoms with van der Waals surface area (Å²) in [6.45, 7) is 2.16. The van der Waals surface area contributed by atoms with Gasteiger partial charge in [0.1, 0.15) is 0 Å². The SMILES string of the molecule is CCSc1ccc(C(N)Cc2ccccn2)cc1. The molecule has 2 N–H and O–H groups in total. The molecule has 0 bridgehead atoms. The summed E-state index contributed by atoms with van der Waals surface area (Å²) in [5, 5.41) is 0. The van der Waals surface area contributed by atoms with Gasteiger partial charge in [0.15, 0.2) is 0 Å². The summed E-state index contributed by atoms with van der Waals surface area (Å²) in [4.78, 5) is 5.60. The van der Waals surface area contributed by atoms with E-state index >= 15 is 0 Å². The average Bonchev–Trinajstić information content (AvgIpc) is 2.41. The van der Waals surface area contributed by atoms with Crippen molar-refractivity contribution in [1.29, 1.82) is 0 Å². The molecule has 0 spiro atoms. The molecule has 0 radical (unpaired) electrons. The van der Waals surface area contributed by atoms with Gasteiger partial charge in [-0.3, -0.25) is 4.98 Å². The molecule has 3 heteroatoms. The third kappa shape index (κ3) is 3.59. The Labute approximate surface area is 113 Å². The van der Waals surface area contributed by atoms with Gasteiger partial charge in [-0.2, -0.15) is 0 Å². The van der Waals surface area contributed by atoms with Crippen molar-refractivity contribution >= 4 is 11.8 Å². The minimum Gasteiger partial charge on any atom is -0.324 e. The van der Waals surface area contributed by atoms with Crippen LogP contribution in [0.25, 0.3) is 0 Å². The van der Waals surface area contributed by atoms with Crippen molar-refractivity contribution in [1.82, 2.24) is 4.98 Å². The third-order valence-corrected chi connectivity index (χ3v) is 3.67. The smallest absolute Gasteiger partial charge is 0.0422 e. The van der Waals surface area contributed by atoms with E-state index in [9.17, 15) is 0 Å². The molecule has 0 saturated heterocycles. The van der Waals surface area contributed by atoms with Crippen LogP contribution in [0.1, 0.15) is 24.2 Å². The normalized spacial score (nSPS) is 12.3. The van der Waals surface area contributed by atoms with E-state index in [1.807, 2.05) is 36.2 Å². The number of thioether (sulfide) groups is 1. The van der Waals surface area contributed by atoms with Gasteiger partial charge in [0.05, 0.1) is 0 Å². The Kier molecular flexibility index (Phi) is 4.79. The molecule has 2 nitrogen and oxygen atoms in total. The highest BCUT2D eigenvalue weighted by molar-refractivity contribution is 7.99. The Morgan fingerprint density at radius 1 is 1.17 bits per heavy atom. The van der Waals surface area contributed by atoms with E-state index in [0.29, 0.717) is 0 Å². The highest BCUT2D eigenvalue weighted by Gasteiger charge is 2.07. The van der Waals surface area contributed by atoms with Gasteiger partial charge in [-0.1, -0.05) is 25.1 Å². The molecule has 1 aromatic carbocycles. The molecule has 18 heavy (non-hydrogen) atoms. The van der Waals surface area contributed by atoms with E-state index < -0.39 is 0 Å². The van der Waals surface area contributed by atoms with Gasteiger partial charge < -0.3 is 5.73 Å². The zero-order valence-electron chi connectivity index (χ0n) is 10.5. The van der Waals surface area contributed by atoms with E-state index in [0.717, 1.165) is 17.9 Å². The summed E-state index contributed by atoms with van der Waals surface area (Å²) in [5.74, 6) is 1.10. The van der Waals surface area contributed by atoms with Crippen molar-refractivity contribution in [2.24, 2.45) is 5.73 Å². The Morgan fingerprint density at radius 3 is 2.56 bits per heavy atom. The fourth-order valence-corrected chi connectivity index (χ4v) is 2.50. The summed E-state index contributed by atoms with van der Waals surface area (Å²) in [7, 11) is 0. The lowest BCUT2D eigenvalue weighted by Crippen LogP contribution is -2.13. The second kappa shape index (κ2) is 6.57. The fraction of sp³-hybridized carbons (Fsp3) is 0.267. The van der Waals surface area contributed by atoms with Gasteiger partial charge in [0.25, 0.3) is 0 Å². The van der Waals surface area contributed by atoms with Crippen LogP contribution in [-0.2, 0) is 6.42 Å². The first-order valence-corrected chi connectivity index (χ1v) is 7.16. The first-order valence-electron chi connectivity index (χ1n) is 6.18. The lowest BCUT2D eigenvalue weighted by molar-refractivity contribution is 0.706. The van der Waals surface area contributed by atoms with Crippen LogP contribution >= 0.6 is 11.8 Å². The van der Waals surface area contributed by atoms with Crippen molar-refractivity contribution in [3.63, 3.8) is 0 Å². The Hall–Kier alpha value is -1.32. The van der Waals surface area contributed by atoms with Crippen molar-refractivity contribution in [3.05, 3.63) is 59.9 Å². The number of nitrogens with two attached hydrogens (primary N) is 1. The van der Waals surface area contributed by atoms with E-state index in [1.165, 1.54) is 10.5 Å². The molecule has 1 atom stereocenters. The molecular formula is C15H18N2S. The Balaban J connectivity index is 2.02. The maximum Gasteiger partial charge on any atom is 0.0422 e. The molecule has 0 aliphatic heterocycles. The van der Waals surface area contributed by atoms with Crippen LogP contribution in [0, 0.1) is 0 Å². The average molecular weight is 258 g/mol. The lowest BCUT2D eigenvalue weighted by atomic mass is 10.0. The van der Waals surface area contributed by atoms with Crippen LogP contribution in [0.2, 0.25) is 0 Å². The summed E-state index contributed by atoms with van der Waals surface area (Å²) >= 11 is 1.85. The topological polar surface area (TPSA) is 38.9 Å². The highest BCUT2D eigenvalue weighted by atomic mass is 32.2. The number of pyridine rings is 1. The van der Waals surface area contributed by atoms with Crippen molar-refractivity contribution in [3.8, 4) is 0 Å². The fourth-order valence-electron chi connectivity index (χ4n) is 1.84. The van der Waals surface area contributed by atoms with Crippen LogP contribution < -0.4 is 5.73 Å². The van der Waals surface area contributed by atoms with Crippen LogP contribution in [0.3, 0.4) is 0 Å².